The van der Waals surface area contributed by atoms with Crippen LogP contribution in [0.2, 0.25) is 0 Å². The van der Waals surface area contributed by atoms with Crippen LogP contribution in [0.4, 0.5) is 11.4 Å². The second-order valence-electron chi connectivity index (χ2n) is 2.85. The molecule has 9 heteroatoms. The summed E-state index contributed by atoms with van der Waals surface area (Å²) in [7, 11) is 0.986. The third-order valence-electron chi connectivity index (χ3n) is 1.95. The van der Waals surface area contributed by atoms with Crippen LogP contribution < -0.4 is 4.74 Å². The fraction of sp³-hybridized carbons (Fsp3) is 0.125. The zero-order valence-electron chi connectivity index (χ0n) is 8.45. The number of nitrogens with zero attached hydrogens (tertiary/aromatic N) is 2. The van der Waals surface area contributed by atoms with Crippen LogP contribution in [-0.4, -0.2) is 28.3 Å². The minimum absolute atomic E-state index is 0.0765. The van der Waals surface area contributed by atoms with Crippen molar-refractivity contribution in [3.05, 3.63) is 31.9 Å². The number of aromatic hydroxyl groups is 1. The Morgan fingerprint density at radius 2 is 1.94 bits per heavy atom. The van der Waals surface area contributed by atoms with Gasteiger partial charge in [-0.15, -0.1) is 0 Å². The van der Waals surface area contributed by atoms with Crippen LogP contribution in [0.25, 0.3) is 0 Å². The molecule has 0 unspecified atom stereocenters. The van der Waals surface area contributed by atoms with Crippen molar-refractivity contribution < 1.29 is 24.5 Å². The first-order valence-corrected chi connectivity index (χ1v) is 4.12. The normalized spacial score (nSPS) is 9.71. The number of rotatable bonds is 4. The van der Waals surface area contributed by atoms with Gasteiger partial charge in [0.05, 0.1) is 17.0 Å². The predicted octanol–water partition coefficient (Wildman–Crippen LogP) is 1.03. The van der Waals surface area contributed by atoms with E-state index in [1.54, 1.807) is 0 Å². The molecule has 1 rings (SSSR count). The molecule has 0 fully saturated rings. The van der Waals surface area contributed by atoms with Gasteiger partial charge in [0.15, 0.2) is 6.29 Å². The van der Waals surface area contributed by atoms with Gasteiger partial charge in [-0.25, -0.2) is 0 Å². The molecule has 0 aromatic heterocycles. The van der Waals surface area contributed by atoms with Gasteiger partial charge in [0.25, 0.3) is 0 Å². The lowest BCUT2D eigenvalue weighted by atomic mass is 10.1. The van der Waals surface area contributed by atoms with E-state index in [0.717, 1.165) is 7.11 Å². The summed E-state index contributed by atoms with van der Waals surface area (Å²) in [4.78, 5) is 29.9. The summed E-state index contributed by atoms with van der Waals surface area (Å²) in [5.74, 6) is -1.71. The molecular formula is C8H6N2O7. The molecule has 0 atom stereocenters. The summed E-state index contributed by atoms with van der Waals surface area (Å²) >= 11 is 0. The summed E-state index contributed by atoms with van der Waals surface area (Å²) in [5.41, 5.74) is -2.20. The number of phenolic OH excluding ortho intramolecular Hbond substituents is 1. The first-order chi connectivity index (χ1) is 7.93. The Bertz CT molecular complexity index is 511. The number of carbonyl (C=O) groups is 1. The maximum absolute atomic E-state index is 10.7. The van der Waals surface area contributed by atoms with Gasteiger partial charge in [-0.05, 0) is 0 Å². The highest BCUT2D eigenvalue weighted by atomic mass is 16.6. The van der Waals surface area contributed by atoms with Gasteiger partial charge < -0.3 is 9.84 Å². The Balaban J connectivity index is 3.73. The molecule has 0 saturated heterocycles. The average Bonchev–Trinajstić information content (AvgIpc) is 2.27. The molecule has 0 bridgehead atoms. The number of methoxy groups -OCH3 is 1. The Hall–Kier alpha value is -2.71. The van der Waals surface area contributed by atoms with Crippen LogP contribution in [0.5, 0.6) is 11.5 Å². The smallest absolute Gasteiger partial charge is 0.325 e. The highest BCUT2D eigenvalue weighted by Gasteiger charge is 2.31. The van der Waals surface area contributed by atoms with Crippen molar-refractivity contribution in [3.63, 3.8) is 0 Å². The van der Waals surface area contributed by atoms with Gasteiger partial charge in [0.1, 0.15) is 5.56 Å². The van der Waals surface area contributed by atoms with E-state index in [1.165, 1.54) is 0 Å². The summed E-state index contributed by atoms with van der Waals surface area (Å²) in [6.45, 7) is 0. The van der Waals surface area contributed by atoms with Gasteiger partial charge >= 0.3 is 11.4 Å². The number of phenols is 1. The lowest BCUT2D eigenvalue weighted by Crippen LogP contribution is -2.01. The van der Waals surface area contributed by atoms with Crippen LogP contribution >= 0.6 is 0 Å². The number of hydrogen-bond donors (Lipinski definition) is 1. The topological polar surface area (TPSA) is 133 Å². The van der Waals surface area contributed by atoms with Crippen molar-refractivity contribution in [1.29, 1.82) is 0 Å². The minimum atomic E-state index is -0.991. The molecule has 0 aliphatic rings. The summed E-state index contributed by atoms with van der Waals surface area (Å²) in [5, 5.41) is 30.6. The van der Waals surface area contributed by atoms with Crippen molar-refractivity contribution in [2.45, 2.75) is 0 Å². The van der Waals surface area contributed by atoms with Crippen LogP contribution in [0, 0.1) is 20.2 Å². The molecule has 17 heavy (non-hydrogen) atoms. The van der Waals surface area contributed by atoms with Crippen molar-refractivity contribution in [2.24, 2.45) is 0 Å². The SMILES string of the molecule is COc1c(O)c([N+](=O)[O-])cc(C=O)c1[N+](=O)[O-]. The van der Waals surface area contributed by atoms with Crippen LogP contribution in [0.3, 0.4) is 0 Å². The number of aldehydes is 1. The molecule has 0 saturated carbocycles. The van der Waals surface area contributed by atoms with E-state index in [4.69, 9.17) is 0 Å². The zero-order valence-corrected chi connectivity index (χ0v) is 8.45. The highest BCUT2D eigenvalue weighted by Crippen LogP contribution is 2.44. The molecule has 0 heterocycles. The molecule has 1 N–H and O–H groups in total. The van der Waals surface area contributed by atoms with Gasteiger partial charge in [0.2, 0.25) is 11.5 Å². The molecule has 0 spiro atoms. The second-order valence-corrected chi connectivity index (χ2v) is 2.85. The minimum Gasteiger partial charge on any atom is -0.499 e. The fourth-order valence-electron chi connectivity index (χ4n) is 1.25. The van der Waals surface area contributed by atoms with E-state index in [1.807, 2.05) is 0 Å². The molecule has 0 radical (unpaired) electrons. The molecule has 9 nitrogen and oxygen atoms in total. The molecule has 90 valence electrons. The van der Waals surface area contributed by atoms with E-state index >= 15 is 0 Å². The third-order valence-corrected chi connectivity index (χ3v) is 1.95. The number of nitro groups is 2. The molecule has 0 amide bonds. The standard InChI is InChI=1S/C8H6N2O7/c1-17-8-6(10(15)16)4(3-11)2-5(7(8)12)9(13)14/h2-3,12H,1H3. The van der Waals surface area contributed by atoms with E-state index in [-0.39, 0.29) is 6.29 Å². The Kier molecular flexibility index (Phi) is 3.22. The second kappa shape index (κ2) is 4.43. The quantitative estimate of drug-likeness (QED) is 0.473. The number of ether oxygens (including phenoxy) is 1. The average molecular weight is 242 g/mol. The van der Waals surface area contributed by atoms with Crippen LogP contribution in [0.15, 0.2) is 6.07 Å². The van der Waals surface area contributed by atoms with Gasteiger partial charge in [-0.2, -0.15) is 0 Å². The largest absolute Gasteiger partial charge is 0.499 e. The number of nitro benzene ring substituents is 2. The predicted molar refractivity (Wildman–Crippen MR) is 53.4 cm³/mol. The van der Waals surface area contributed by atoms with Gasteiger partial charge in [-0.3, -0.25) is 25.0 Å². The molecular weight excluding hydrogens is 236 g/mol. The van der Waals surface area contributed by atoms with E-state index in [2.05, 4.69) is 4.74 Å². The van der Waals surface area contributed by atoms with Crippen LogP contribution in [-0.2, 0) is 0 Å². The van der Waals surface area contributed by atoms with Crippen molar-refractivity contribution in [3.8, 4) is 11.5 Å². The van der Waals surface area contributed by atoms with E-state index < -0.39 is 38.3 Å². The van der Waals surface area contributed by atoms with Gasteiger partial charge in [0, 0.05) is 6.07 Å². The Morgan fingerprint density at radius 1 is 1.35 bits per heavy atom. The zero-order chi connectivity index (χ0) is 13.2. The fourth-order valence-corrected chi connectivity index (χ4v) is 1.25. The van der Waals surface area contributed by atoms with Gasteiger partial charge in [-0.1, -0.05) is 0 Å². The maximum Gasteiger partial charge on any atom is 0.325 e. The molecule has 1 aromatic rings. The van der Waals surface area contributed by atoms with E-state index in [9.17, 15) is 30.1 Å². The van der Waals surface area contributed by atoms with Crippen molar-refractivity contribution in [1.82, 2.24) is 0 Å². The lowest BCUT2D eigenvalue weighted by molar-refractivity contribution is -0.390. The first kappa shape index (κ1) is 12.4. The maximum atomic E-state index is 10.7. The summed E-state index contributed by atoms with van der Waals surface area (Å²) in [6, 6.07) is 0.614. The third kappa shape index (κ3) is 1.97. The monoisotopic (exact) mass is 242 g/mol. The summed E-state index contributed by atoms with van der Waals surface area (Å²) in [6.07, 6.45) is 0.0765. The Labute approximate surface area is 93.5 Å². The van der Waals surface area contributed by atoms with Crippen molar-refractivity contribution in [2.75, 3.05) is 7.11 Å². The number of benzene rings is 1. The number of carbonyl (C=O) groups excluding carboxylic acids is 1. The summed E-state index contributed by atoms with van der Waals surface area (Å²) < 4.78 is 4.52. The first-order valence-electron chi connectivity index (χ1n) is 4.12. The highest BCUT2D eigenvalue weighted by molar-refractivity contribution is 5.87. The van der Waals surface area contributed by atoms with Crippen LogP contribution in [0.1, 0.15) is 10.4 Å². The molecule has 0 aliphatic carbocycles. The lowest BCUT2D eigenvalue weighted by Gasteiger charge is -2.06. The number of hydrogen-bond acceptors (Lipinski definition) is 7. The van der Waals surface area contributed by atoms with E-state index in [0.29, 0.717) is 6.07 Å². The molecule has 0 aliphatic heterocycles. The van der Waals surface area contributed by atoms with Crippen molar-refractivity contribution >= 4 is 17.7 Å². The Morgan fingerprint density at radius 3 is 2.29 bits per heavy atom. The molecule has 1 aromatic carbocycles.